The van der Waals surface area contributed by atoms with E-state index in [1.807, 2.05) is 0 Å². The fourth-order valence-corrected chi connectivity index (χ4v) is 2.16. The first-order valence-electron chi connectivity index (χ1n) is 4.85. The van der Waals surface area contributed by atoms with E-state index in [0.29, 0.717) is 6.04 Å². The zero-order valence-corrected chi connectivity index (χ0v) is 8.04. The summed E-state index contributed by atoms with van der Waals surface area (Å²) in [5.74, 6) is 0. The number of hydrogen-bond acceptors (Lipinski definition) is 4. The highest BCUT2D eigenvalue weighted by atomic mass is 16.6. The van der Waals surface area contributed by atoms with Gasteiger partial charge in [0, 0.05) is 25.7 Å². The minimum absolute atomic E-state index is 0.0194. The molecule has 4 nitrogen and oxygen atoms in total. The first-order chi connectivity index (χ1) is 6.35. The van der Waals surface area contributed by atoms with Gasteiger partial charge in [-0.3, -0.25) is 0 Å². The third kappa shape index (κ3) is 2.02. The molecule has 2 aliphatic heterocycles. The van der Waals surface area contributed by atoms with E-state index in [9.17, 15) is 0 Å². The summed E-state index contributed by atoms with van der Waals surface area (Å²) in [5, 5.41) is 0. The van der Waals surface area contributed by atoms with E-state index in [0.717, 1.165) is 39.1 Å². The summed E-state index contributed by atoms with van der Waals surface area (Å²) in [5.41, 5.74) is 2.98. The van der Waals surface area contributed by atoms with Crippen molar-refractivity contribution in [3.63, 3.8) is 0 Å². The third-order valence-corrected chi connectivity index (χ3v) is 2.84. The summed E-state index contributed by atoms with van der Waals surface area (Å²) in [4.78, 5) is 4.94. The van der Waals surface area contributed by atoms with Crippen LogP contribution in [0, 0.1) is 0 Å². The quantitative estimate of drug-likeness (QED) is 0.638. The second-order valence-corrected chi connectivity index (χ2v) is 3.85. The Morgan fingerprint density at radius 3 is 3.08 bits per heavy atom. The Kier molecular flexibility index (Phi) is 2.83. The van der Waals surface area contributed by atoms with Crippen LogP contribution in [0.5, 0.6) is 0 Å². The Bertz CT molecular complexity index is 166. The smallest absolute Gasteiger partial charge is 0.0952 e. The fourth-order valence-electron chi connectivity index (χ4n) is 2.16. The predicted molar refractivity (Wildman–Crippen MR) is 47.3 cm³/mol. The first kappa shape index (κ1) is 9.40. The van der Waals surface area contributed by atoms with Crippen molar-refractivity contribution >= 4 is 0 Å². The lowest BCUT2D eigenvalue weighted by molar-refractivity contribution is -0.107. The van der Waals surface area contributed by atoms with E-state index in [4.69, 9.17) is 14.3 Å². The van der Waals surface area contributed by atoms with Gasteiger partial charge in [0.25, 0.3) is 0 Å². The van der Waals surface area contributed by atoms with Gasteiger partial charge in [0.2, 0.25) is 0 Å². The van der Waals surface area contributed by atoms with Crippen molar-refractivity contribution < 1.29 is 14.3 Å². The maximum atomic E-state index is 5.78. The molecule has 13 heavy (non-hydrogen) atoms. The minimum Gasteiger partial charge on any atom is -0.378 e. The average Bonchev–Trinajstić information content (AvgIpc) is 2.54. The van der Waals surface area contributed by atoms with Gasteiger partial charge in [-0.2, -0.15) is 5.48 Å². The van der Waals surface area contributed by atoms with Gasteiger partial charge in [0.05, 0.1) is 19.3 Å². The van der Waals surface area contributed by atoms with E-state index in [2.05, 4.69) is 5.48 Å². The Labute approximate surface area is 78.5 Å². The van der Waals surface area contributed by atoms with Crippen molar-refractivity contribution in [2.24, 2.45) is 0 Å². The molecule has 2 fully saturated rings. The van der Waals surface area contributed by atoms with Crippen LogP contribution in [0.1, 0.15) is 19.3 Å². The molecule has 0 aliphatic carbocycles. The molecule has 2 rings (SSSR count). The largest absolute Gasteiger partial charge is 0.378 e. The van der Waals surface area contributed by atoms with Crippen LogP contribution < -0.4 is 5.48 Å². The molecule has 0 aromatic carbocycles. The van der Waals surface area contributed by atoms with Gasteiger partial charge in [-0.25, -0.2) is 0 Å². The molecule has 0 aromatic heterocycles. The topological polar surface area (TPSA) is 39.7 Å². The predicted octanol–water partition coefficient (Wildman–Crippen LogP) is 0.475. The highest BCUT2D eigenvalue weighted by Crippen LogP contribution is 2.32. The lowest BCUT2D eigenvalue weighted by Gasteiger charge is -2.36. The molecule has 76 valence electrons. The summed E-state index contributed by atoms with van der Waals surface area (Å²) >= 11 is 0. The number of ether oxygens (including phenoxy) is 2. The summed E-state index contributed by atoms with van der Waals surface area (Å²) < 4.78 is 11.2. The van der Waals surface area contributed by atoms with Crippen LogP contribution in [0.4, 0.5) is 0 Å². The minimum atomic E-state index is -0.0194. The van der Waals surface area contributed by atoms with Crippen molar-refractivity contribution in [1.82, 2.24) is 5.48 Å². The van der Waals surface area contributed by atoms with Crippen LogP contribution in [-0.2, 0) is 14.3 Å². The van der Waals surface area contributed by atoms with Crippen LogP contribution in [0.15, 0.2) is 0 Å². The molecule has 2 atom stereocenters. The van der Waals surface area contributed by atoms with Gasteiger partial charge < -0.3 is 14.3 Å². The van der Waals surface area contributed by atoms with E-state index in [1.165, 1.54) is 0 Å². The van der Waals surface area contributed by atoms with Crippen LogP contribution in [0.25, 0.3) is 0 Å². The van der Waals surface area contributed by atoms with E-state index < -0.39 is 0 Å². The van der Waals surface area contributed by atoms with Crippen molar-refractivity contribution in [2.45, 2.75) is 30.9 Å². The highest BCUT2D eigenvalue weighted by Gasteiger charge is 2.40. The van der Waals surface area contributed by atoms with E-state index in [-0.39, 0.29) is 5.60 Å². The van der Waals surface area contributed by atoms with Gasteiger partial charge in [-0.1, -0.05) is 0 Å². The molecule has 1 spiro atoms. The SMILES string of the molecule is CONC1CCOC2(CCOC2)C1. The Balaban J connectivity index is 1.90. The molecular weight excluding hydrogens is 170 g/mol. The van der Waals surface area contributed by atoms with Crippen LogP contribution >= 0.6 is 0 Å². The number of nitrogens with one attached hydrogen (secondary N) is 1. The molecular formula is C9H17NO3. The third-order valence-electron chi connectivity index (χ3n) is 2.84. The number of hydroxylamine groups is 1. The normalized spacial score (nSPS) is 39.9. The van der Waals surface area contributed by atoms with Gasteiger partial charge in [0.15, 0.2) is 0 Å². The lowest BCUT2D eigenvalue weighted by atomic mass is 9.90. The van der Waals surface area contributed by atoms with Crippen molar-refractivity contribution in [2.75, 3.05) is 26.9 Å². The van der Waals surface area contributed by atoms with Crippen molar-refractivity contribution in [1.29, 1.82) is 0 Å². The molecule has 0 amide bonds. The molecule has 2 unspecified atom stereocenters. The van der Waals surface area contributed by atoms with Crippen molar-refractivity contribution in [3.8, 4) is 0 Å². The van der Waals surface area contributed by atoms with Crippen LogP contribution in [-0.4, -0.2) is 38.6 Å². The second kappa shape index (κ2) is 3.92. The maximum absolute atomic E-state index is 5.78. The Hall–Kier alpha value is -0.160. The second-order valence-electron chi connectivity index (χ2n) is 3.85. The zero-order valence-electron chi connectivity index (χ0n) is 8.04. The van der Waals surface area contributed by atoms with E-state index >= 15 is 0 Å². The highest BCUT2D eigenvalue weighted by molar-refractivity contribution is 4.91. The molecule has 0 aromatic rings. The van der Waals surface area contributed by atoms with Crippen LogP contribution in [0.3, 0.4) is 0 Å². The number of rotatable bonds is 2. The zero-order chi connectivity index (χ0) is 9.15. The molecule has 1 N–H and O–H groups in total. The van der Waals surface area contributed by atoms with Gasteiger partial charge in [0.1, 0.15) is 0 Å². The molecule has 0 saturated carbocycles. The summed E-state index contributed by atoms with van der Waals surface area (Å²) in [6.45, 7) is 2.39. The molecule has 0 radical (unpaired) electrons. The lowest BCUT2D eigenvalue weighted by Crippen LogP contribution is -2.47. The van der Waals surface area contributed by atoms with Gasteiger partial charge >= 0.3 is 0 Å². The standard InChI is InChI=1S/C9H17NO3/c1-11-10-8-2-4-13-9(6-8)3-5-12-7-9/h8,10H,2-7H2,1H3. The maximum Gasteiger partial charge on any atom is 0.0952 e. The van der Waals surface area contributed by atoms with Gasteiger partial charge in [-0.05, 0) is 12.8 Å². The monoisotopic (exact) mass is 187 g/mol. The summed E-state index contributed by atoms with van der Waals surface area (Å²) in [6.07, 6.45) is 3.05. The molecule has 4 heteroatoms. The molecule has 2 heterocycles. The summed E-state index contributed by atoms with van der Waals surface area (Å²) in [6, 6.07) is 0.417. The Morgan fingerprint density at radius 2 is 2.38 bits per heavy atom. The number of hydrogen-bond donors (Lipinski definition) is 1. The molecule has 0 bridgehead atoms. The van der Waals surface area contributed by atoms with Gasteiger partial charge in [-0.15, -0.1) is 0 Å². The van der Waals surface area contributed by atoms with Crippen LogP contribution in [0.2, 0.25) is 0 Å². The first-order valence-corrected chi connectivity index (χ1v) is 4.85. The molecule has 2 saturated heterocycles. The van der Waals surface area contributed by atoms with E-state index in [1.54, 1.807) is 7.11 Å². The van der Waals surface area contributed by atoms with Crippen molar-refractivity contribution in [3.05, 3.63) is 0 Å². The Morgan fingerprint density at radius 1 is 1.46 bits per heavy atom. The summed E-state index contributed by atoms with van der Waals surface area (Å²) in [7, 11) is 1.66. The average molecular weight is 187 g/mol. The fraction of sp³-hybridized carbons (Fsp3) is 1.00. The molecule has 2 aliphatic rings.